The van der Waals surface area contributed by atoms with Gasteiger partial charge in [0.15, 0.2) is 11.5 Å². The Morgan fingerprint density at radius 1 is 0.939 bits per heavy atom. The summed E-state index contributed by atoms with van der Waals surface area (Å²) in [6.45, 7) is 1.53. The van der Waals surface area contributed by atoms with Crippen LogP contribution in [0.2, 0.25) is 0 Å². The van der Waals surface area contributed by atoms with Crippen LogP contribution in [0, 0.1) is 16.0 Å². The number of fused-ring (bicyclic) bond motifs is 2. The molecule has 0 aliphatic carbocycles. The Bertz CT molecular complexity index is 2040. The predicted octanol–water partition coefficient (Wildman–Crippen LogP) is 4.45. The summed E-state index contributed by atoms with van der Waals surface area (Å²) in [5.74, 6) is -3.02. The van der Waals surface area contributed by atoms with E-state index in [4.69, 9.17) is 14.2 Å². The van der Waals surface area contributed by atoms with E-state index in [0.29, 0.717) is 38.2 Å². The van der Waals surface area contributed by atoms with Crippen LogP contribution in [0.3, 0.4) is 0 Å². The lowest BCUT2D eigenvalue weighted by molar-refractivity contribution is -0.384. The number of hydrogen-bond donors (Lipinski definition) is 1. The summed E-state index contributed by atoms with van der Waals surface area (Å²) in [6.07, 6.45) is 0. The standard InChI is InChI=1S/C33H28N4O10S2/c1-4-47-32(41)17-5-8-19(9-6-17)34-24(38)16-35-31-28(49-33(35)42)25(18-7-14-22(45-2)23(15-18)46-3)26-27(48-31)30(40)36(29(26)39)20-10-12-21(13-11-20)37(43)44/h5-15,25-27H,4,16H2,1-3H3,(H,34,38)/t25-,26+,27-/m0/s1. The van der Waals surface area contributed by atoms with Crippen LogP contribution in [0.4, 0.5) is 17.1 Å². The highest BCUT2D eigenvalue weighted by atomic mass is 32.2. The summed E-state index contributed by atoms with van der Waals surface area (Å²) >= 11 is 1.91. The molecule has 1 aromatic heterocycles. The van der Waals surface area contributed by atoms with Crippen LogP contribution in [0.5, 0.6) is 11.5 Å². The topological polar surface area (TPSA) is 176 Å². The van der Waals surface area contributed by atoms with E-state index < -0.39 is 50.6 Å². The maximum absolute atomic E-state index is 14.1. The number of non-ortho nitro benzene ring substituents is 1. The molecule has 0 saturated carbocycles. The first-order chi connectivity index (χ1) is 23.6. The molecule has 3 aromatic carbocycles. The molecule has 16 heteroatoms. The maximum atomic E-state index is 14.1. The van der Waals surface area contributed by atoms with E-state index in [-0.39, 0.29) is 24.5 Å². The van der Waals surface area contributed by atoms with Gasteiger partial charge in [0.05, 0.1) is 47.9 Å². The van der Waals surface area contributed by atoms with Crippen LogP contribution in [0.1, 0.15) is 33.6 Å². The number of nitrogens with one attached hydrogen (secondary N) is 1. The third-order valence-electron chi connectivity index (χ3n) is 8.12. The molecule has 1 N–H and O–H groups in total. The van der Waals surface area contributed by atoms with Crippen LogP contribution in [-0.4, -0.2) is 59.3 Å². The number of nitrogens with zero attached hydrogens (tertiary/aromatic N) is 3. The summed E-state index contributed by atoms with van der Waals surface area (Å²) < 4.78 is 17.2. The molecule has 3 atom stereocenters. The molecule has 252 valence electrons. The summed E-state index contributed by atoms with van der Waals surface area (Å²) in [5, 5.41) is 13.3. The van der Waals surface area contributed by atoms with Crippen molar-refractivity contribution in [1.82, 2.24) is 4.57 Å². The lowest BCUT2D eigenvalue weighted by Crippen LogP contribution is -2.33. The number of imide groups is 1. The number of carbonyl (C=O) groups excluding carboxylic acids is 4. The van der Waals surface area contributed by atoms with E-state index in [9.17, 15) is 34.1 Å². The Morgan fingerprint density at radius 2 is 1.63 bits per heavy atom. The number of anilines is 2. The number of nitro groups is 1. The number of esters is 1. The highest BCUT2D eigenvalue weighted by Gasteiger charge is 2.57. The average Bonchev–Trinajstić information content (AvgIpc) is 3.54. The molecular formula is C33H28N4O10S2. The van der Waals surface area contributed by atoms with E-state index in [2.05, 4.69) is 5.32 Å². The highest BCUT2D eigenvalue weighted by Crippen LogP contribution is 2.54. The second-order valence-electron chi connectivity index (χ2n) is 10.9. The largest absolute Gasteiger partial charge is 0.493 e. The fraction of sp³-hybridized carbons (Fsp3) is 0.242. The molecule has 1 fully saturated rings. The average molecular weight is 705 g/mol. The number of rotatable bonds is 10. The van der Waals surface area contributed by atoms with Crippen LogP contribution in [0.25, 0.3) is 0 Å². The van der Waals surface area contributed by atoms with E-state index in [1.54, 1.807) is 25.1 Å². The minimum Gasteiger partial charge on any atom is -0.493 e. The molecule has 0 radical (unpaired) electrons. The second-order valence-corrected chi connectivity index (χ2v) is 13.0. The minimum absolute atomic E-state index is 0.177. The first-order valence-electron chi connectivity index (χ1n) is 14.9. The number of aromatic nitrogens is 1. The van der Waals surface area contributed by atoms with Gasteiger partial charge in [-0.15, -0.1) is 0 Å². The summed E-state index contributed by atoms with van der Waals surface area (Å²) in [6, 6.07) is 16.3. The molecule has 3 heterocycles. The van der Waals surface area contributed by atoms with Crippen molar-refractivity contribution in [2.75, 3.05) is 31.0 Å². The van der Waals surface area contributed by atoms with Gasteiger partial charge in [0.25, 0.3) is 5.69 Å². The molecule has 0 bridgehead atoms. The summed E-state index contributed by atoms with van der Waals surface area (Å²) in [4.78, 5) is 78.5. The van der Waals surface area contributed by atoms with Crippen molar-refractivity contribution in [3.05, 3.63) is 103 Å². The van der Waals surface area contributed by atoms with E-state index in [1.165, 1.54) is 67.3 Å². The Kier molecular flexibility index (Phi) is 9.25. The van der Waals surface area contributed by atoms with Gasteiger partial charge in [-0.25, -0.2) is 9.69 Å². The van der Waals surface area contributed by atoms with Gasteiger partial charge in [-0.1, -0.05) is 29.2 Å². The number of amides is 3. The second kappa shape index (κ2) is 13.6. The fourth-order valence-corrected chi connectivity index (χ4v) is 8.66. The van der Waals surface area contributed by atoms with Gasteiger partial charge in [0.1, 0.15) is 11.8 Å². The zero-order chi connectivity index (χ0) is 35.0. The molecule has 14 nitrogen and oxygen atoms in total. The van der Waals surface area contributed by atoms with Crippen molar-refractivity contribution in [2.45, 2.75) is 29.7 Å². The molecule has 0 unspecified atom stereocenters. The Balaban J connectivity index is 1.37. The van der Waals surface area contributed by atoms with Crippen molar-refractivity contribution in [3.63, 3.8) is 0 Å². The predicted molar refractivity (Wildman–Crippen MR) is 180 cm³/mol. The summed E-state index contributed by atoms with van der Waals surface area (Å²) in [7, 11) is 2.95. The lowest BCUT2D eigenvalue weighted by atomic mass is 9.83. The summed E-state index contributed by atoms with van der Waals surface area (Å²) in [5.41, 5.74) is 1.27. The first kappa shape index (κ1) is 33.4. The quantitative estimate of drug-likeness (QED) is 0.107. The van der Waals surface area contributed by atoms with E-state index in [0.717, 1.165) is 28.0 Å². The van der Waals surface area contributed by atoms with Crippen molar-refractivity contribution in [1.29, 1.82) is 0 Å². The number of nitro benzene ring substituents is 1. The van der Waals surface area contributed by atoms with Crippen LogP contribution >= 0.6 is 23.1 Å². The van der Waals surface area contributed by atoms with Crippen LogP contribution < -0.4 is 24.6 Å². The van der Waals surface area contributed by atoms with Gasteiger partial charge < -0.3 is 19.5 Å². The van der Waals surface area contributed by atoms with Crippen molar-refractivity contribution >= 4 is 63.9 Å². The van der Waals surface area contributed by atoms with Gasteiger partial charge in [-0.2, -0.15) is 0 Å². The van der Waals surface area contributed by atoms with Gasteiger partial charge in [0.2, 0.25) is 17.7 Å². The Morgan fingerprint density at radius 3 is 2.27 bits per heavy atom. The van der Waals surface area contributed by atoms with Gasteiger partial charge in [-0.05, 0) is 61.0 Å². The Labute approximate surface area is 286 Å². The highest BCUT2D eigenvalue weighted by molar-refractivity contribution is 8.00. The SMILES string of the molecule is CCOC(=O)c1ccc(NC(=O)Cn2c3c(sc2=O)[C@@H](c2ccc(OC)c(OC)c2)[C@H]2C(=O)N(c4ccc([N+](=O)[O-])cc4)C(=O)[C@H]2S3)cc1. The first-order valence-corrected chi connectivity index (χ1v) is 16.6. The number of hydrogen-bond acceptors (Lipinski definition) is 12. The monoisotopic (exact) mass is 704 g/mol. The Hall–Kier alpha value is -5.48. The third kappa shape index (κ3) is 6.15. The molecule has 2 aliphatic heterocycles. The number of thiazole rings is 1. The van der Waals surface area contributed by atoms with E-state index >= 15 is 0 Å². The maximum Gasteiger partial charge on any atom is 0.338 e. The van der Waals surface area contributed by atoms with Gasteiger partial charge in [-0.3, -0.25) is 33.9 Å². The molecule has 1 saturated heterocycles. The minimum atomic E-state index is -0.980. The van der Waals surface area contributed by atoms with E-state index in [1.807, 2.05) is 0 Å². The van der Waals surface area contributed by atoms with Crippen molar-refractivity contribution < 1.29 is 38.3 Å². The normalized spacial score (nSPS) is 18.0. The molecule has 4 aromatic rings. The van der Waals surface area contributed by atoms with Gasteiger partial charge >= 0.3 is 10.8 Å². The molecular weight excluding hydrogens is 677 g/mol. The lowest BCUT2D eigenvalue weighted by Gasteiger charge is -2.31. The molecule has 6 rings (SSSR count). The van der Waals surface area contributed by atoms with Gasteiger partial charge in [0, 0.05) is 28.6 Å². The number of benzene rings is 3. The smallest absolute Gasteiger partial charge is 0.338 e. The van der Waals surface area contributed by atoms with Crippen molar-refractivity contribution in [2.24, 2.45) is 5.92 Å². The third-order valence-corrected chi connectivity index (χ3v) is 10.7. The number of ether oxygens (including phenoxy) is 3. The molecule has 2 aliphatic rings. The molecule has 0 spiro atoms. The fourth-order valence-electron chi connectivity index (χ4n) is 5.89. The molecule has 49 heavy (non-hydrogen) atoms. The van der Waals surface area contributed by atoms with Crippen LogP contribution in [0.15, 0.2) is 76.6 Å². The zero-order valence-corrected chi connectivity index (χ0v) is 27.9. The zero-order valence-electron chi connectivity index (χ0n) is 26.2. The number of carbonyl (C=O) groups is 4. The number of methoxy groups -OCH3 is 2. The number of thioether (sulfide) groups is 1. The van der Waals surface area contributed by atoms with Crippen LogP contribution in [-0.2, 0) is 25.7 Å². The van der Waals surface area contributed by atoms with Crippen molar-refractivity contribution in [3.8, 4) is 11.5 Å². The molecule has 3 amide bonds.